The fourth-order valence-electron chi connectivity index (χ4n) is 4.05. The highest BCUT2D eigenvalue weighted by Crippen LogP contribution is 2.44. The second-order valence-electron chi connectivity index (χ2n) is 6.96. The van der Waals surface area contributed by atoms with E-state index in [-0.39, 0.29) is 6.04 Å². The predicted molar refractivity (Wildman–Crippen MR) is 108 cm³/mol. The lowest BCUT2D eigenvalue weighted by Gasteiger charge is -2.31. The van der Waals surface area contributed by atoms with Gasteiger partial charge in [-0.15, -0.1) is 0 Å². The van der Waals surface area contributed by atoms with Gasteiger partial charge in [-0.1, -0.05) is 61.9 Å². The van der Waals surface area contributed by atoms with E-state index < -0.39 is 0 Å². The van der Waals surface area contributed by atoms with Gasteiger partial charge in [0.2, 0.25) is 0 Å². The summed E-state index contributed by atoms with van der Waals surface area (Å²) in [4.78, 5) is 0. The van der Waals surface area contributed by atoms with Gasteiger partial charge in [0, 0.05) is 17.3 Å². The number of anilines is 1. The molecule has 0 spiro atoms. The monoisotopic (exact) mass is 349 g/mol. The molecule has 1 saturated carbocycles. The van der Waals surface area contributed by atoms with Crippen molar-refractivity contribution in [2.45, 2.75) is 32.2 Å². The molecule has 128 valence electrons. The van der Waals surface area contributed by atoms with Crippen LogP contribution in [0.4, 0.5) is 5.69 Å². The summed E-state index contributed by atoms with van der Waals surface area (Å²) in [6, 6.07) is 20.9. The van der Waals surface area contributed by atoms with Crippen LogP contribution in [0.15, 0.2) is 65.8 Å². The first-order chi connectivity index (χ1) is 12.2. The Balaban J connectivity index is 1.66. The highest BCUT2D eigenvalue weighted by molar-refractivity contribution is 7.80. The van der Waals surface area contributed by atoms with Crippen molar-refractivity contribution in [3.63, 3.8) is 0 Å². The largest absolute Gasteiger partial charge is 0.331 e. The zero-order valence-corrected chi connectivity index (χ0v) is 15.2. The van der Waals surface area contributed by atoms with Gasteiger partial charge in [0.1, 0.15) is 0 Å². The van der Waals surface area contributed by atoms with E-state index in [2.05, 4.69) is 42.6 Å². The van der Waals surface area contributed by atoms with Crippen molar-refractivity contribution in [1.29, 1.82) is 0 Å². The van der Waals surface area contributed by atoms with Crippen LogP contribution >= 0.6 is 12.2 Å². The lowest BCUT2D eigenvalue weighted by molar-refractivity contribution is 0.299. The number of fused-ring (bicyclic) bond motifs is 1. The van der Waals surface area contributed by atoms with Crippen LogP contribution in [0.3, 0.4) is 0 Å². The molecule has 3 atom stereocenters. The van der Waals surface area contributed by atoms with Crippen molar-refractivity contribution in [2.24, 2.45) is 16.9 Å². The molecule has 0 amide bonds. The van der Waals surface area contributed by atoms with Crippen LogP contribution < -0.4 is 5.32 Å². The molecule has 0 radical (unpaired) electrons. The van der Waals surface area contributed by atoms with Crippen molar-refractivity contribution in [3.8, 4) is 0 Å². The van der Waals surface area contributed by atoms with Crippen molar-refractivity contribution >= 4 is 28.7 Å². The number of hydrogen-bond donors (Lipinski definition) is 1. The third-order valence-corrected chi connectivity index (χ3v) is 5.57. The number of rotatable bonds is 2. The van der Waals surface area contributed by atoms with Gasteiger partial charge in [0.05, 0.1) is 6.04 Å². The molecule has 3 nitrogen and oxygen atoms in total. The Morgan fingerprint density at radius 3 is 2.44 bits per heavy atom. The minimum atomic E-state index is 0.197. The van der Waals surface area contributed by atoms with Gasteiger partial charge >= 0.3 is 0 Å². The topological polar surface area (TPSA) is 27.6 Å². The van der Waals surface area contributed by atoms with Crippen LogP contribution in [0.2, 0.25) is 0 Å². The number of hydrazone groups is 1. The van der Waals surface area contributed by atoms with E-state index in [0.29, 0.717) is 16.9 Å². The standard InChI is InChI=1S/C21H23N3S/c1-15-9-8-14-18-19(15)23-24(20(18)16-10-4-2-5-11-16)21(25)22-17-12-6-3-7-13-17/h2-7,10-13,15,18,20H,8-9,14H2,1H3,(H,22,25)/t15?,18-,20+/m1/s1. The number of hydrogen-bond acceptors (Lipinski definition) is 2. The van der Waals surface area contributed by atoms with Crippen LogP contribution in [-0.4, -0.2) is 15.8 Å². The maximum atomic E-state index is 5.74. The lowest BCUT2D eigenvalue weighted by atomic mass is 9.76. The molecule has 2 aromatic carbocycles. The number of benzene rings is 2. The molecule has 2 aliphatic rings. The summed E-state index contributed by atoms with van der Waals surface area (Å²) in [5.41, 5.74) is 3.61. The zero-order chi connectivity index (χ0) is 17.2. The summed E-state index contributed by atoms with van der Waals surface area (Å²) in [7, 11) is 0. The molecule has 0 aromatic heterocycles. The van der Waals surface area contributed by atoms with Crippen molar-refractivity contribution in [2.75, 3.05) is 5.32 Å². The smallest absolute Gasteiger partial charge is 0.194 e. The number of para-hydroxylation sites is 1. The van der Waals surface area contributed by atoms with Gasteiger partial charge in [-0.25, -0.2) is 5.01 Å². The number of nitrogens with zero attached hydrogens (tertiary/aromatic N) is 2. The van der Waals surface area contributed by atoms with E-state index in [1.807, 2.05) is 35.3 Å². The van der Waals surface area contributed by atoms with Crippen molar-refractivity contribution in [3.05, 3.63) is 66.2 Å². The molecule has 1 fully saturated rings. The van der Waals surface area contributed by atoms with Gasteiger partial charge < -0.3 is 5.32 Å². The highest BCUT2D eigenvalue weighted by atomic mass is 32.1. The molecule has 4 rings (SSSR count). The first kappa shape index (κ1) is 16.3. The van der Waals surface area contributed by atoms with Crippen LogP contribution in [0.1, 0.15) is 37.8 Å². The summed E-state index contributed by atoms with van der Waals surface area (Å²) in [6.07, 6.45) is 3.68. The number of nitrogens with one attached hydrogen (secondary N) is 1. The highest BCUT2D eigenvalue weighted by Gasteiger charge is 2.43. The SMILES string of the molecule is CC1CCC[C@@H]2C1=NN(C(=S)Nc1ccccc1)[C@H]2c1ccccc1. The van der Waals surface area contributed by atoms with Gasteiger partial charge in [0.25, 0.3) is 0 Å². The van der Waals surface area contributed by atoms with E-state index in [0.717, 1.165) is 5.69 Å². The van der Waals surface area contributed by atoms with E-state index in [4.69, 9.17) is 17.3 Å². The van der Waals surface area contributed by atoms with Crippen LogP contribution in [-0.2, 0) is 0 Å². The average Bonchev–Trinajstić information content (AvgIpc) is 3.04. The summed E-state index contributed by atoms with van der Waals surface area (Å²) >= 11 is 5.74. The molecule has 1 heterocycles. The third-order valence-electron chi connectivity index (χ3n) is 5.28. The molecule has 4 heteroatoms. The summed E-state index contributed by atoms with van der Waals surface area (Å²) in [6.45, 7) is 2.30. The molecule has 0 saturated heterocycles. The van der Waals surface area contributed by atoms with E-state index in [9.17, 15) is 0 Å². The van der Waals surface area contributed by atoms with Crippen molar-refractivity contribution < 1.29 is 0 Å². The Bertz CT molecular complexity index is 772. The Morgan fingerprint density at radius 2 is 1.72 bits per heavy atom. The maximum absolute atomic E-state index is 5.74. The lowest BCUT2D eigenvalue weighted by Crippen LogP contribution is -2.35. The molecular weight excluding hydrogens is 326 g/mol. The quantitative estimate of drug-likeness (QED) is 0.752. The Morgan fingerprint density at radius 1 is 1.04 bits per heavy atom. The average molecular weight is 350 g/mol. The van der Waals surface area contributed by atoms with Crippen LogP contribution in [0.5, 0.6) is 0 Å². The van der Waals surface area contributed by atoms with Crippen molar-refractivity contribution in [1.82, 2.24) is 5.01 Å². The molecule has 25 heavy (non-hydrogen) atoms. The third kappa shape index (κ3) is 3.19. The second-order valence-corrected chi connectivity index (χ2v) is 7.35. The molecule has 2 aromatic rings. The molecule has 1 aliphatic carbocycles. The van der Waals surface area contributed by atoms with E-state index in [1.165, 1.54) is 30.5 Å². The van der Waals surface area contributed by atoms with E-state index in [1.54, 1.807) is 0 Å². The number of thiocarbonyl (C=S) groups is 1. The Labute approximate surface area is 154 Å². The minimum Gasteiger partial charge on any atom is -0.331 e. The molecule has 0 bridgehead atoms. The minimum absolute atomic E-state index is 0.197. The van der Waals surface area contributed by atoms with Crippen LogP contribution in [0, 0.1) is 11.8 Å². The Kier molecular flexibility index (Phi) is 4.53. The van der Waals surface area contributed by atoms with Crippen LogP contribution in [0.25, 0.3) is 0 Å². The molecule has 1 N–H and O–H groups in total. The molecule has 1 aliphatic heterocycles. The normalized spacial score (nSPS) is 25.2. The van der Waals surface area contributed by atoms with Gasteiger partial charge in [-0.2, -0.15) is 5.10 Å². The summed E-state index contributed by atoms with van der Waals surface area (Å²) < 4.78 is 0. The fourth-order valence-corrected chi connectivity index (χ4v) is 4.32. The van der Waals surface area contributed by atoms with Gasteiger partial charge in [-0.05, 0) is 48.7 Å². The fraction of sp³-hybridized carbons (Fsp3) is 0.333. The Hall–Kier alpha value is -2.20. The predicted octanol–water partition coefficient (Wildman–Crippen LogP) is 5.23. The maximum Gasteiger partial charge on any atom is 0.194 e. The molecule has 1 unspecified atom stereocenters. The summed E-state index contributed by atoms with van der Waals surface area (Å²) in [5.74, 6) is 0.996. The summed E-state index contributed by atoms with van der Waals surface area (Å²) in [5, 5.41) is 11.1. The first-order valence-electron chi connectivity index (χ1n) is 9.02. The molecular formula is C21H23N3S. The second kappa shape index (κ2) is 6.96. The first-order valence-corrected chi connectivity index (χ1v) is 9.43. The van der Waals surface area contributed by atoms with Gasteiger partial charge in [0.15, 0.2) is 5.11 Å². The van der Waals surface area contributed by atoms with Gasteiger partial charge in [-0.3, -0.25) is 0 Å². The van der Waals surface area contributed by atoms with E-state index >= 15 is 0 Å². The zero-order valence-electron chi connectivity index (χ0n) is 14.4.